The van der Waals surface area contributed by atoms with E-state index in [9.17, 15) is 4.79 Å². The SMILES string of the molecule is CCOC(=O)/C=C(\CC)c1cc([Si](C)(C)C)nc(OC)c1COCOC. The largest absolute Gasteiger partial charge is 0.481 e. The van der Waals surface area contributed by atoms with Crippen LogP contribution in [0.5, 0.6) is 5.88 Å². The molecule has 0 amide bonds. The van der Waals surface area contributed by atoms with Gasteiger partial charge in [-0.25, -0.2) is 9.78 Å². The van der Waals surface area contributed by atoms with Crippen molar-refractivity contribution in [2.75, 3.05) is 27.6 Å². The minimum absolute atomic E-state index is 0.168. The maximum absolute atomic E-state index is 12.0. The number of rotatable bonds is 10. The first-order valence-electron chi connectivity index (χ1n) is 8.81. The van der Waals surface area contributed by atoms with Gasteiger partial charge in [-0.2, -0.15) is 0 Å². The van der Waals surface area contributed by atoms with Crippen LogP contribution in [0.1, 0.15) is 31.4 Å². The molecule has 0 radical (unpaired) electrons. The van der Waals surface area contributed by atoms with Crippen molar-refractivity contribution in [3.05, 3.63) is 23.3 Å². The average molecular weight is 382 g/mol. The van der Waals surface area contributed by atoms with Gasteiger partial charge in [0.05, 0.1) is 20.3 Å². The van der Waals surface area contributed by atoms with Crippen LogP contribution in [0.15, 0.2) is 12.1 Å². The predicted molar refractivity (Wildman–Crippen MR) is 105 cm³/mol. The standard InChI is InChI=1S/C19H31NO5Si/c1-8-14(10-18(21)25-9-2)15-11-17(26(5,6)7)20-19(23-4)16(15)12-24-13-22-3/h10-11H,8-9,12-13H2,1-7H3/b14-10+. The zero-order valence-corrected chi connectivity index (χ0v) is 18.0. The first-order chi connectivity index (χ1) is 12.3. The van der Waals surface area contributed by atoms with Crippen LogP contribution in [-0.2, 0) is 25.6 Å². The Morgan fingerprint density at radius 1 is 1.23 bits per heavy atom. The summed E-state index contributed by atoms with van der Waals surface area (Å²) < 4.78 is 21.2. The molecule has 146 valence electrons. The fourth-order valence-corrected chi connectivity index (χ4v) is 3.47. The number of aromatic nitrogens is 1. The van der Waals surface area contributed by atoms with Crippen LogP contribution in [-0.4, -0.2) is 46.6 Å². The number of esters is 1. The molecule has 1 aromatic heterocycles. The number of nitrogens with zero attached hydrogens (tertiary/aromatic N) is 1. The number of hydrogen-bond donors (Lipinski definition) is 0. The van der Waals surface area contributed by atoms with Crippen LogP contribution in [0, 0.1) is 0 Å². The Bertz CT molecular complexity index is 638. The summed E-state index contributed by atoms with van der Waals surface area (Å²) >= 11 is 0. The Morgan fingerprint density at radius 3 is 2.42 bits per heavy atom. The molecule has 7 heteroatoms. The van der Waals surface area contributed by atoms with Gasteiger partial charge in [0.1, 0.15) is 14.9 Å². The van der Waals surface area contributed by atoms with Crippen LogP contribution in [0.3, 0.4) is 0 Å². The van der Waals surface area contributed by atoms with Gasteiger partial charge in [-0.3, -0.25) is 0 Å². The lowest BCUT2D eigenvalue weighted by Gasteiger charge is -2.22. The minimum atomic E-state index is -1.69. The van der Waals surface area contributed by atoms with E-state index in [-0.39, 0.29) is 19.4 Å². The number of methoxy groups -OCH3 is 2. The summed E-state index contributed by atoms with van der Waals surface area (Å²) in [6.07, 6.45) is 2.22. The summed E-state index contributed by atoms with van der Waals surface area (Å²) in [5.74, 6) is 0.178. The summed E-state index contributed by atoms with van der Waals surface area (Å²) in [5, 5.41) is 1.02. The second-order valence-corrected chi connectivity index (χ2v) is 11.8. The lowest BCUT2D eigenvalue weighted by molar-refractivity contribution is -0.137. The van der Waals surface area contributed by atoms with Gasteiger partial charge in [-0.1, -0.05) is 26.6 Å². The average Bonchev–Trinajstić information content (AvgIpc) is 2.59. The Balaban J connectivity index is 3.53. The topological polar surface area (TPSA) is 66.9 Å². The molecule has 0 aliphatic rings. The van der Waals surface area contributed by atoms with Gasteiger partial charge in [-0.05, 0) is 30.5 Å². The van der Waals surface area contributed by atoms with Crippen molar-refractivity contribution in [2.24, 2.45) is 0 Å². The Labute approximate surface area is 157 Å². The van der Waals surface area contributed by atoms with Crippen LogP contribution in [0.2, 0.25) is 19.6 Å². The smallest absolute Gasteiger partial charge is 0.331 e. The number of allylic oxidation sites excluding steroid dienone is 1. The fourth-order valence-electron chi connectivity index (χ4n) is 2.45. The second kappa shape index (κ2) is 10.4. The molecule has 0 bridgehead atoms. The van der Waals surface area contributed by atoms with E-state index in [1.165, 1.54) is 0 Å². The Hall–Kier alpha value is -1.70. The number of pyridine rings is 1. The maximum Gasteiger partial charge on any atom is 0.331 e. The van der Waals surface area contributed by atoms with Crippen molar-refractivity contribution in [1.29, 1.82) is 0 Å². The first-order valence-corrected chi connectivity index (χ1v) is 12.3. The van der Waals surface area contributed by atoms with Crippen molar-refractivity contribution in [1.82, 2.24) is 4.98 Å². The van der Waals surface area contributed by atoms with Crippen molar-refractivity contribution in [3.8, 4) is 5.88 Å². The molecule has 0 unspecified atom stereocenters. The molecule has 1 heterocycles. The molecule has 0 fully saturated rings. The molecule has 0 saturated heterocycles. The lowest BCUT2D eigenvalue weighted by atomic mass is 9.99. The molecule has 1 rings (SSSR count). The van der Waals surface area contributed by atoms with Crippen molar-refractivity contribution < 1.29 is 23.7 Å². The molecule has 0 N–H and O–H groups in total. The Kier molecular flexibility index (Phi) is 8.98. The third-order valence-electron chi connectivity index (χ3n) is 3.80. The number of ether oxygens (including phenoxy) is 4. The van der Waals surface area contributed by atoms with E-state index < -0.39 is 8.07 Å². The highest BCUT2D eigenvalue weighted by Gasteiger charge is 2.24. The fraction of sp³-hybridized carbons (Fsp3) is 0.579. The van der Waals surface area contributed by atoms with Gasteiger partial charge in [0.2, 0.25) is 5.88 Å². The van der Waals surface area contributed by atoms with Gasteiger partial charge in [0, 0.05) is 24.1 Å². The molecular formula is C19H31NO5Si. The zero-order chi connectivity index (χ0) is 19.7. The van der Waals surface area contributed by atoms with Gasteiger partial charge >= 0.3 is 5.97 Å². The monoisotopic (exact) mass is 381 g/mol. The summed E-state index contributed by atoms with van der Waals surface area (Å²) in [7, 11) is 1.48. The van der Waals surface area contributed by atoms with Crippen molar-refractivity contribution in [3.63, 3.8) is 0 Å². The van der Waals surface area contributed by atoms with E-state index in [4.69, 9.17) is 23.9 Å². The van der Waals surface area contributed by atoms with Crippen LogP contribution < -0.4 is 10.1 Å². The summed E-state index contributed by atoms with van der Waals surface area (Å²) in [6, 6.07) is 2.06. The van der Waals surface area contributed by atoms with Crippen molar-refractivity contribution in [2.45, 2.75) is 46.5 Å². The highest BCUT2D eigenvalue weighted by Crippen LogP contribution is 2.29. The van der Waals surface area contributed by atoms with E-state index in [0.717, 1.165) is 22.0 Å². The summed E-state index contributed by atoms with van der Waals surface area (Å²) in [6.45, 7) is 11.3. The molecule has 0 atom stereocenters. The van der Waals surface area contributed by atoms with Gasteiger partial charge in [0.25, 0.3) is 0 Å². The van der Waals surface area contributed by atoms with E-state index in [1.54, 1.807) is 27.2 Å². The van der Waals surface area contributed by atoms with E-state index in [0.29, 0.717) is 18.9 Å². The van der Waals surface area contributed by atoms with Crippen LogP contribution >= 0.6 is 0 Å². The molecule has 0 saturated carbocycles. The Morgan fingerprint density at radius 2 is 1.92 bits per heavy atom. The zero-order valence-electron chi connectivity index (χ0n) is 17.0. The molecule has 6 nitrogen and oxygen atoms in total. The maximum atomic E-state index is 12.0. The van der Waals surface area contributed by atoms with E-state index in [1.807, 2.05) is 6.92 Å². The van der Waals surface area contributed by atoms with E-state index in [2.05, 4.69) is 25.7 Å². The normalized spacial score (nSPS) is 12.2. The molecule has 0 aromatic carbocycles. The van der Waals surface area contributed by atoms with Gasteiger partial charge in [-0.15, -0.1) is 0 Å². The number of carbonyl (C=O) groups is 1. The molecular weight excluding hydrogens is 350 g/mol. The molecule has 1 aromatic rings. The second-order valence-electron chi connectivity index (χ2n) is 6.82. The first kappa shape index (κ1) is 22.3. The summed E-state index contributed by atoms with van der Waals surface area (Å²) in [5.41, 5.74) is 2.60. The minimum Gasteiger partial charge on any atom is -0.481 e. The van der Waals surface area contributed by atoms with Gasteiger partial charge in [0.15, 0.2) is 0 Å². The van der Waals surface area contributed by atoms with E-state index >= 15 is 0 Å². The molecule has 26 heavy (non-hydrogen) atoms. The summed E-state index contributed by atoms with van der Waals surface area (Å²) in [4.78, 5) is 16.7. The highest BCUT2D eigenvalue weighted by molar-refractivity contribution is 6.88. The number of carbonyl (C=O) groups excluding carboxylic acids is 1. The lowest BCUT2D eigenvalue weighted by Crippen LogP contribution is -2.40. The van der Waals surface area contributed by atoms with Crippen molar-refractivity contribution >= 4 is 24.9 Å². The van der Waals surface area contributed by atoms with Crippen LogP contribution in [0.25, 0.3) is 5.57 Å². The third kappa shape index (κ3) is 6.23. The highest BCUT2D eigenvalue weighted by atomic mass is 28.3. The quantitative estimate of drug-likeness (QED) is 0.204. The molecule has 0 aliphatic carbocycles. The predicted octanol–water partition coefficient (Wildman–Crippen LogP) is 3.11. The third-order valence-corrected chi connectivity index (χ3v) is 5.59. The van der Waals surface area contributed by atoms with Crippen LogP contribution in [0.4, 0.5) is 0 Å². The van der Waals surface area contributed by atoms with Gasteiger partial charge < -0.3 is 18.9 Å². The molecule has 0 spiro atoms. The molecule has 0 aliphatic heterocycles. The number of hydrogen-bond acceptors (Lipinski definition) is 6.